The van der Waals surface area contributed by atoms with Gasteiger partial charge in [0.25, 0.3) is 0 Å². The summed E-state index contributed by atoms with van der Waals surface area (Å²) in [6, 6.07) is 0. The van der Waals surface area contributed by atoms with Crippen molar-refractivity contribution in [3.8, 4) is 0 Å². The Morgan fingerprint density at radius 3 is 2.88 bits per heavy atom. The van der Waals surface area contributed by atoms with E-state index in [-0.39, 0.29) is 17.6 Å². The van der Waals surface area contributed by atoms with E-state index in [1.165, 1.54) is 23.3 Å². The molecular weight excluding hydrogens is 376 g/mol. The van der Waals surface area contributed by atoms with E-state index in [0.29, 0.717) is 33.9 Å². The van der Waals surface area contributed by atoms with E-state index in [0.717, 1.165) is 5.82 Å². The second kappa shape index (κ2) is 7.91. The van der Waals surface area contributed by atoms with Gasteiger partial charge in [-0.25, -0.2) is 4.52 Å². The van der Waals surface area contributed by atoms with E-state index >= 15 is 0 Å². The van der Waals surface area contributed by atoms with Crippen LogP contribution in [0.5, 0.6) is 0 Å². The molecule has 0 aromatic carbocycles. The number of H-pyrrole nitrogens is 1. The Labute approximate surface area is 157 Å². The van der Waals surface area contributed by atoms with Crippen LogP contribution in [-0.4, -0.2) is 47.5 Å². The minimum Gasteiger partial charge on any atom is -0.465 e. The molecule has 3 aromatic rings. The molecule has 0 spiro atoms. The van der Waals surface area contributed by atoms with Gasteiger partial charge in [0.15, 0.2) is 5.69 Å². The number of ether oxygens (including phenoxy) is 1. The molecule has 0 saturated heterocycles. The molecule has 0 atom stereocenters. The van der Waals surface area contributed by atoms with E-state index in [1.54, 1.807) is 11.4 Å². The van der Waals surface area contributed by atoms with Crippen molar-refractivity contribution in [1.29, 1.82) is 0 Å². The number of thioether (sulfide) groups is 1. The number of aromatic amines is 1. The second-order valence-corrected chi connectivity index (χ2v) is 7.30. The van der Waals surface area contributed by atoms with Gasteiger partial charge in [0.2, 0.25) is 10.8 Å². The van der Waals surface area contributed by atoms with Crippen molar-refractivity contribution in [3.05, 3.63) is 11.6 Å². The summed E-state index contributed by atoms with van der Waals surface area (Å²) in [6.07, 6.45) is 0. The first kappa shape index (κ1) is 18.5. The number of hydrogen-bond acceptors (Lipinski definition) is 10. The summed E-state index contributed by atoms with van der Waals surface area (Å²) in [5.41, 5.74) is 1.03. The molecule has 3 aromatic heterocycles. The molecule has 0 aliphatic carbocycles. The number of fused-ring (bicyclic) bond motifs is 1. The highest BCUT2D eigenvalue weighted by Gasteiger charge is 2.18. The zero-order valence-corrected chi connectivity index (χ0v) is 16.4. The van der Waals surface area contributed by atoms with Gasteiger partial charge in [-0.15, -0.1) is 20.4 Å². The first-order chi connectivity index (χ1) is 12.5. The monoisotopic (exact) mass is 394 g/mol. The van der Waals surface area contributed by atoms with Crippen molar-refractivity contribution in [3.63, 3.8) is 0 Å². The van der Waals surface area contributed by atoms with Crippen molar-refractivity contribution in [2.45, 2.75) is 38.6 Å². The number of nitrogens with one attached hydrogen (secondary N) is 1. The summed E-state index contributed by atoms with van der Waals surface area (Å²) in [6.45, 7) is 7.96. The molecule has 0 aliphatic rings. The molecule has 3 heterocycles. The molecule has 0 saturated carbocycles. The zero-order valence-electron chi connectivity index (χ0n) is 14.8. The number of rotatable bonds is 7. The summed E-state index contributed by atoms with van der Waals surface area (Å²) < 4.78 is 10.9. The number of carbonyl (C=O) groups excluding carboxylic acids is 1. The van der Waals surface area contributed by atoms with Crippen LogP contribution in [0.2, 0.25) is 0 Å². The smallest absolute Gasteiger partial charge is 0.316 e. The van der Waals surface area contributed by atoms with Gasteiger partial charge in [0, 0.05) is 17.5 Å². The molecule has 0 amide bonds. The van der Waals surface area contributed by atoms with E-state index in [9.17, 15) is 4.79 Å². The van der Waals surface area contributed by atoms with E-state index in [4.69, 9.17) is 4.74 Å². The number of azo groups is 1. The van der Waals surface area contributed by atoms with Gasteiger partial charge in [-0.2, -0.15) is 9.36 Å². The van der Waals surface area contributed by atoms with Crippen molar-refractivity contribution in [1.82, 2.24) is 29.2 Å². The lowest BCUT2D eigenvalue weighted by Crippen LogP contribution is -2.06. The van der Waals surface area contributed by atoms with Crippen molar-refractivity contribution >= 4 is 45.7 Å². The average molecular weight is 394 g/mol. The summed E-state index contributed by atoms with van der Waals surface area (Å²) in [5, 5.41) is 20.8. The fourth-order valence-corrected chi connectivity index (χ4v) is 3.43. The first-order valence-corrected chi connectivity index (χ1v) is 9.73. The Bertz CT molecular complexity index is 942. The summed E-state index contributed by atoms with van der Waals surface area (Å²) in [4.78, 5) is 16.0. The van der Waals surface area contributed by atoms with Gasteiger partial charge in [-0.1, -0.05) is 25.6 Å². The largest absolute Gasteiger partial charge is 0.465 e. The van der Waals surface area contributed by atoms with E-state index in [2.05, 4.69) is 34.9 Å². The second-order valence-electron chi connectivity index (χ2n) is 5.58. The van der Waals surface area contributed by atoms with Crippen LogP contribution in [0.25, 0.3) is 5.65 Å². The normalized spacial score (nSPS) is 11.9. The van der Waals surface area contributed by atoms with Crippen LogP contribution in [0.1, 0.15) is 38.3 Å². The van der Waals surface area contributed by atoms with Gasteiger partial charge in [-0.3, -0.25) is 9.89 Å². The van der Waals surface area contributed by atoms with Crippen LogP contribution in [0.4, 0.5) is 10.8 Å². The standard InChI is InChI=1S/C14H18N8O2S2/c1-5-24-9(23)6-25-13-10(12-18-16-8(4)22(12)20-13)17-19-14-15-11(7(2)3)21-26-14/h7,20H,5-6H2,1-4H3. The quantitative estimate of drug-likeness (QED) is 0.370. The van der Waals surface area contributed by atoms with Gasteiger partial charge in [0.05, 0.1) is 12.4 Å². The van der Waals surface area contributed by atoms with Crippen LogP contribution < -0.4 is 0 Å². The molecule has 26 heavy (non-hydrogen) atoms. The van der Waals surface area contributed by atoms with Crippen molar-refractivity contribution in [2.24, 2.45) is 10.2 Å². The van der Waals surface area contributed by atoms with Crippen LogP contribution in [0.3, 0.4) is 0 Å². The topological polar surface area (TPSA) is 123 Å². The highest BCUT2D eigenvalue weighted by molar-refractivity contribution is 8.00. The predicted molar refractivity (Wildman–Crippen MR) is 97.6 cm³/mol. The zero-order chi connectivity index (χ0) is 18.7. The minimum atomic E-state index is -0.298. The molecule has 12 heteroatoms. The molecule has 0 fully saturated rings. The van der Waals surface area contributed by atoms with Gasteiger partial charge >= 0.3 is 5.97 Å². The number of carbonyl (C=O) groups is 1. The van der Waals surface area contributed by atoms with Gasteiger partial charge in [0.1, 0.15) is 16.7 Å². The third-order valence-electron chi connectivity index (χ3n) is 3.29. The van der Waals surface area contributed by atoms with E-state index < -0.39 is 0 Å². The maximum Gasteiger partial charge on any atom is 0.316 e. The highest BCUT2D eigenvalue weighted by atomic mass is 32.2. The maximum absolute atomic E-state index is 11.6. The molecular formula is C14H18N8O2S2. The van der Waals surface area contributed by atoms with Crippen LogP contribution in [-0.2, 0) is 9.53 Å². The van der Waals surface area contributed by atoms with Crippen LogP contribution in [0, 0.1) is 6.92 Å². The summed E-state index contributed by atoms with van der Waals surface area (Å²) in [7, 11) is 0. The molecule has 0 bridgehead atoms. The number of hydrogen-bond donors (Lipinski definition) is 1. The number of aryl methyl sites for hydroxylation is 1. The first-order valence-electron chi connectivity index (χ1n) is 7.97. The molecule has 1 N–H and O–H groups in total. The summed E-state index contributed by atoms with van der Waals surface area (Å²) in [5.74, 6) is 1.50. The summed E-state index contributed by atoms with van der Waals surface area (Å²) >= 11 is 2.46. The Morgan fingerprint density at radius 1 is 1.38 bits per heavy atom. The Balaban J connectivity index is 1.88. The molecule has 0 radical (unpaired) electrons. The molecule has 138 valence electrons. The van der Waals surface area contributed by atoms with E-state index in [1.807, 2.05) is 20.8 Å². The lowest BCUT2D eigenvalue weighted by atomic mass is 10.2. The Kier molecular flexibility index (Phi) is 5.61. The fourth-order valence-electron chi connectivity index (χ4n) is 2.02. The molecule has 10 nitrogen and oxygen atoms in total. The molecule has 0 aliphatic heterocycles. The third kappa shape index (κ3) is 3.90. The van der Waals surface area contributed by atoms with Crippen molar-refractivity contribution in [2.75, 3.05) is 12.4 Å². The number of aromatic nitrogens is 6. The Hall–Kier alpha value is -2.34. The Morgan fingerprint density at radius 2 is 2.19 bits per heavy atom. The lowest BCUT2D eigenvalue weighted by Gasteiger charge is -2.00. The number of esters is 1. The van der Waals surface area contributed by atoms with Crippen molar-refractivity contribution < 1.29 is 9.53 Å². The van der Waals surface area contributed by atoms with Gasteiger partial charge in [-0.05, 0) is 13.8 Å². The SMILES string of the molecule is CCOC(=O)CSc1[nH]n2c(C)nnc2c1N=Nc1nc(C(C)C)ns1. The van der Waals surface area contributed by atoms with Crippen LogP contribution >= 0.6 is 23.3 Å². The lowest BCUT2D eigenvalue weighted by molar-refractivity contribution is -0.139. The molecule has 3 rings (SSSR count). The van der Waals surface area contributed by atoms with Crippen LogP contribution in [0.15, 0.2) is 15.3 Å². The molecule has 0 unspecified atom stereocenters. The highest BCUT2D eigenvalue weighted by Crippen LogP contribution is 2.34. The average Bonchev–Trinajstić information content (AvgIpc) is 3.29. The maximum atomic E-state index is 11.6. The van der Waals surface area contributed by atoms with Gasteiger partial charge < -0.3 is 4.74 Å². The number of nitrogens with zero attached hydrogens (tertiary/aromatic N) is 7. The minimum absolute atomic E-state index is 0.156. The fraction of sp³-hybridized carbons (Fsp3) is 0.500. The predicted octanol–water partition coefficient (Wildman–Crippen LogP) is 3.41. The third-order valence-corrected chi connectivity index (χ3v) is 4.86.